The Labute approximate surface area is 147 Å². The number of methoxy groups -OCH3 is 4. The summed E-state index contributed by atoms with van der Waals surface area (Å²) in [4.78, 5) is 0. The average Bonchev–Trinajstić information content (AvgIpc) is 3.04. The number of benzene rings is 1. The molecule has 2 heterocycles. The maximum atomic E-state index is 5.45. The van der Waals surface area contributed by atoms with E-state index in [1.54, 1.807) is 28.4 Å². The van der Waals surface area contributed by atoms with Crippen LogP contribution in [0.15, 0.2) is 36.5 Å². The Morgan fingerprint density at radius 1 is 0.800 bits per heavy atom. The third-order valence-corrected chi connectivity index (χ3v) is 4.46. The van der Waals surface area contributed by atoms with Crippen molar-refractivity contribution in [3.63, 3.8) is 0 Å². The van der Waals surface area contributed by atoms with Crippen molar-refractivity contribution < 1.29 is 18.9 Å². The minimum atomic E-state index is 0.607. The van der Waals surface area contributed by atoms with Crippen LogP contribution in [0.2, 0.25) is 0 Å². The van der Waals surface area contributed by atoms with Gasteiger partial charge in [0.2, 0.25) is 5.75 Å². The molecule has 5 heteroatoms. The van der Waals surface area contributed by atoms with E-state index >= 15 is 0 Å². The molecule has 0 unspecified atom stereocenters. The fraction of sp³-hybridized carbons (Fsp3) is 0.300. The maximum absolute atomic E-state index is 5.45. The molecule has 0 N–H and O–H groups in total. The Kier molecular flexibility index (Phi) is 4.74. The van der Waals surface area contributed by atoms with Crippen LogP contribution in [0.4, 0.5) is 0 Å². The van der Waals surface area contributed by atoms with Crippen LogP contribution in [0.25, 0.3) is 5.52 Å². The number of ether oxygens (including phenoxy) is 4. The summed E-state index contributed by atoms with van der Waals surface area (Å²) in [7, 11) is 6.56. The number of rotatable bonds is 6. The van der Waals surface area contributed by atoms with Gasteiger partial charge in [-0.05, 0) is 54.8 Å². The minimum absolute atomic E-state index is 0.607. The van der Waals surface area contributed by atoms with E-state index in [0.29, 0.717) is 17.2 Å². The first-order chi connectivity index (χ1) is 12.1. The molecule has 0 bridgehead atoms. The summed E-state index contributed by atoms with van der Waals surface area (Å²) in [5.74, 6) is 2.81. The lowest BCUT2D eigenvalue weighted by Crippen LogP contribution is -1.98. The zero-order chi connectivity index (χ0) is 18.0. The Hall–Kier alpha value is -2.82. The van der Waals surface area contributed by atoms with Crippen LogP contribution in [0.5, 0.6) is 23.0 Å². The molecule has 0 aliphatic rings. The molecule has 3 aromatic rings. The van der Waals surface area contributed by atoms with E-state index in [-0.39, 0.29) is 0 Å². The van der Waals surface area contributed by atoms with Gasteiger partial charge < -0.3 is 23.3 Å². The average molecular weight is 341 g/mol. The lowest BCUT2D eigenvalue weighted by molar-refractivity contribution is 0.324. The number of aromatic nitrogens is 1. The second-order valence-electron chi connectivity index (χ2n) is 5.79. The molecule has 0 fully saturated rings. The molecular weight excluding hydrogens is 318 g/mol. The van der Waals surface area contributed by atoms with Crippen LogP contribution in [0.3, 0.4) is 0 Å². The highest BCUT2D eigenvalue weighted by atomic mass is 16.5. The fourth-order valence-electron chi connectivity index (χ4n) is 3.18. The maximum Gasteiger partial charge on any atom is 0.203 e. The van der Waals surface area contributed by atoms with Crippen molar-refractivity contribution in [2.45, 2.75) is 13.3 Å². The molecule has 25 heavy (non-hydrogen) atoms. The van der Waals surface area contributed by atoms with Gasteiger partial charge in [0.1, 0.15) is 5.75 Å². The lowest BCUT2D eigenvalue weighted by atomic mass is 10.0. The molecule has 1 aromatic carbocycles. The van der Waals surface area contributed by atoms with E-state index in [2.05, 4.69) is 29.7 Å². The number of hydrogen-bond donors (Lipinski definition) is 0. The van der Waals surface area contributed by atoms with Crippen molar-refractivity contribution in [3.8, 4) is 23.0 Å². The third kappa shape index (κ3) is 2.97. The van der Waals surface area contributed by atoms with Crippen LogP contribution in [-0.2, 0) is 6.42 Å². The molecule has 132 valence electrons. The van der Waals surface area contributed by atoms with E-state index in [1.165, 1.54) is 5.56 Å². The quantitative estimate of drug-likeness (QED) is 0.682. The van der Waals surface area contributed by atoms with Crippen molar-refractivity contribution in [1.29, 1.82) is 0 Å². The summed E-state index contributed by atoms with van der Waals surface area (Å²) >= 11 is 0. The Morgan fingerprint density at radius 3 is 2.00 bits per heavy atom. The Balaban J connectivity index is 2.03. The highest BCUT2D eigenvalue weighted by Gasteiger charge is 2.15. The largest absolute Gasteiger partial charge is 0.495 e. The van der Waals surface area contributed by atoms with E-state index in [1.807, 2.05) is 18.2 Å². The Morgan fingerprint density at radius 2 is 1.44 bits per heavy atom. The zero-order valence-electron chi connectivity index (χ0n) is 15.3. The van der Waals surface area contributed by atoms with Crippen molar-refractivity contribution in [2.24, 2.45) is 0 Å². The predicted molar refractivity (Wildman–Crippen MR) is 97.6 cm³/mol. The van der Waals surface area contributed by atoms with Gasteiger partial charge >= 0.3 is 0 Å². The monoisotopic (exact) mass is 341 g/mol. The van der Waals surface area contributed by atoms with Crippen LogP contribution in [0, 0.1) is 6.92 Å². The van der Waals surface area contributed by atoms with Crippen LogP contribution in [-0.4, -0.2) is 32.8 Å². The Bertz CT molecular complexity index is 873. The highest BCUT2D eigenvalue weighted by Crippen LogP contribution is 2.39. The van der Waals surface area contributed by atoms with Crippen molar-refractivity contribution in [3.05, 3.63) is 53.3 Å². The highest BCUT2D eigenvalue weighted by molar-refractivity contribution is 5.61. The van der Waals surface area contributed by atoms with Gasteiger partial charge in [-0.2, -0.15) is 0 Å². The van der Waals surface area contributed by atoms with Crippen molar-refractivity contribution >= 4 is 5.52 Å². The third-order valence-electron chi connectivity index (χ3n) is 4.46. The van der Waals surface area contributed by atoms with Gasteiger partial charge in [0.25, 0.3) is 0 Å². The van der Waals surface area contributed by atoms with Crippen LogP contribution < -0.4 is 18.9 Å². The molecule has 0 radical (unpaired) electrons. The number of aryl methyl sites for hydroxylation is 1. The van der Waals surface area contributed by atoms with E-state index < -0.39 is 0 Å². The van der Waals surface area contributed by atoms with Gasteiger partial charge in [-0.1, -0.05) is 0 Å². The summed E-state index contributed by atoms with van der Waals surface area (Å²) < 4.78 is 23.8. The second kappa shape index (κ2) is 6.97. The van der Waals surface area contributed by atoms with E-state index in [0.717, 1.165) is 28.9 Å². The minimum Gasteiger partial charge on any atom is -0.495 e. The smallest absolute Gasteiger partial charge is 0.203 e. The number of hydrogen-bond acceptors (Lipinski definition) is 4. The molecule has 0 saturated heterocycles. The SMILES string of the molecule is COc1cc(Cc2ccn3c(C)c(OC)ccc23)cc(OC)c1OC. The van der Waals surface area contributed by atoms with Gasteiger partial charge in [-0.15, -0.1) is 0 Å². The van der Waals surface area contributed by atoms with Crippen molar-refractivity contribution in [2.75, 3.05) is 28.4 Å². The summed E-state index contributed by atoms with van der Waals surface area (Å²) in [6.45, 7) is 2.05. The first-order valence-electron chi connectivity index (χ1n) is 8.05. The fourth-order valence-corrected chi connectivity index (χ4v) is 3.18. The molecule has 0 saturated carbocycles. The predicted octanol–water partition coefficient (Wildman–Crippen LogP) is 3.87. The lowest BCUT2D eigenvalue weighted by Gasteiger charge is -2.14. The normalized spacial score (nSPS) is 10.8. The number of nitrogens with zero attached hydrogens (tertiary/aromatic N) is 1. The first kappa shape index (κ1) is 17.0. The van der Waals surface area contributed by atoms with Gasteiger partial charge in [0, 0.05) is 11.7 Å². The summed E-state index contributed by atoms with van der Waals surface area (Å²) in [5, 5.41) is 0. The molecule has 0 aliphatic heterocycles. The number of pyridine rings is 1. The summed E-state index contributed by atoms with van der Waals surface area (Å²) in [6.07, 6.45) is 2.83. The topological polar surface area (TPSA) is 41.3 Å². The van der Waals surface area contributed by atoms with Crippen LogP contribution in [0.1, 0.15) is 16.8 Å². The van der Waals surface area contributed by atoms with Gasteiger partial charge in [0.05, 0.1) is 34.1 Å². The van der Waals surface area contributed by atoms with Crippen molar-refractivity contribution in [1.82, 2.24) is 4.40 Å². The van der Waals surface area contributed by atoms with Gasteiger partial charge in [-0.25, -0.2) is 0 Å². The molecule has 2 aromatic heterocycles. The molecular formula is C20H23NO4. The standard InChI is InChI=1S/C20H23NO4/c1-13-17(22-2)7-6-16-15(8-9-21(13)16)10-14-11-18(23-3)20(25-5)19(12-14)24-4/h6-9,11-12H,10H2,1-5H3. The second-order valence-corrected chi connectivity index (χ2v) is 5.79. The zero-order valence-corrected chi connectivity index (χ0v) is 15.3. The molecule has 0 spiro atoms. The van der Waals surface area contributed by atoms with E-state index in [4.69, 9.17) is 18.9 Å². The van der Waals surface area contributed by atoms with Gasteiger partial charge in [-0.3, -0.25) is 0 Å². The molecule has 3 rings (SSSR count). The molecule has 0 atom stereocenters. The van der Waals surface area contributed by atoms with E-state index in [9.17, 15) is 0 Å². The number of fused-ring (bicyclic) bond motifs is 1. The first-order valence-corrected chi connectivity index (χ1v) is 8.05. The summed E-state index contributed by atoms with van der Waals surface area (Å²) in [5.41, 5.74) is 4.55. The molecule has 0 aliphatic carbocycles. The molecule has 0 amide bonds. The summed E-state index contributed by atoms with van der Waals surface area (Å²) in [6, 6.07) is 10.2. The van der Waals surface area contributed by atoms with Gasteiger partial charge in [0.15, 0.2) is 11.5 Å². The van der Waals surface area contributed by atoms with Crippen LogP contribution >= 0.6 is 0 Å². The molecule has 5 nitrogen and oxygen atoms in total.